The first-order chi connectivity index (χ1) is 15.4. The minimum atomic E-state index is -0.0734. The molecule has 0 radical (unpaired) electrons. The van der Waals surface area contributed by atoms with E-state index in [0.29, 0.717) is 23.8 Å². The Labute approximate surface area is 197 Å². The molecule has 2 N–H and O–H groups in total. The molecule has 4 nitrogen and oxygen atoms in total. The average molecular weight is 462 g/mol. The number of nitrogens with zero attached hydrogens (tertiary/aromatic N) is 1. The number of hydrogen-bond donors (Lipinski definition) is 2. The molecule has 32 heavy (non-hydrogen) atoms. The molecule has 0 aliphatic rings. The zero-order valence-electron chi connectivity index (χ0n) is 18.6. The van der Waals surface area contributed by atoms with Gasteiger partial charge in [-0.2, -0.15) is 0 Å². The van der Waals surface area contributed by atoms with Crippen molar-refractivity contribution in [2.75, 3.05) is 5.32 Å². The van der Waals surface area contributed by atoms with E-state index >= 15 is 0 Å². The lowest BCUT2D eigenvalue weighted by Gasteiger charge is -2.25. The Balaban J connectivity index is 1.63. The second-order valence-electron chi connectivity index (χ2n) is 8.09. The first kappa shape index (κ1) is 22.2. The quantitative estimate of drug-likeness (QED) is 0.337. The molecule has 0 fully saturated rings. The maximum atomic E-state index is 12.9. The van der Waals surface area contributed by atoms with Gasteiger partial charge in [-0.3, -0.25) is 4.79 Å². The fourth-order valence-electron chi connectivity index (χ4n) is 3.87. The van der Waals surface area contributed by atoms with Crippen molar-refractivity contribution < 1.29 is 0 Å². The van der Waals surface area contributed by atoms with Crippen molar-refractivity contribution in [1.82, 2.24) is 9.88 Å². The van der Waals surface area contributed by atoms with Crippen molar-refractivity contribution in [3.05, 3.63) is 97.5 Å². The highest BCUT2D eigenvalue weighted by Crippen LogP contribution is 2.20. The molecular weight excluding hydrogens is 434 g/mol. The molecule has 164 valence electrons. The van der Waals surface area contributed by atoms with Crippen LogP contribution in [0.1, 0.15) is 34.1 Å². The highest BCUT2D eigenvalue weighted by Gasteiger charge is 2.15. The highest BCUT2D eigenvalue weighted by atomic mass is 32.1. The second kappa shape index (κ2) is 9.67. The van der Waals surface area contributed by atoms with Crippen molar-refractivity contribution >= 4 is 45.3 Å². The standard InChI is InChI=1S/C26H27N3OS2/c1-4-19-7-9-22(10-8-19)27-26(31)29(16-23-6-5-11-32-23)15-21-14-20-13-17(2)12-18(3)24(20)28-25(21)30/h5-14H,4,15-16H2,1-3H3,(H,27,31)(H,28,30). The largest absolute Gasteiger partial charge is 0.339 e. The number of anilines is 1. The molecule has 0 bridgehead atoms. The van der Waals surface area contributed by atoms with Gasteiger partial charge in [0.05, 0.1) is 18.6 Å². The summed E-state index contributed by atoms with van der Waals surface area (Å²) in [5, 5.41) is 7.05. The maximum absolute atomic E-state index is 12.9. The van der Waals surface area contributed by atoms with E-state index in [1.165, 1.54) is 16.0 Å². The van der Waals surface area contributed by atoms with Crippen molar-refractivity contribution in [3.8, 4) is 0 Å². The summed E-state index contributed by atoms with van der Waals surface area (Å²) in [5.41, 5.74) is 6.00. The van der Waals surface area contributed by atoms with E-state index < -0.39 is 0 Å². The van der Waals surface area contributed by atoms with Gasteiger partial charge in [0, 0.05) is 16.1 Å². The molecule has 0 saturated heterocycles. The van der Waals surface area contributed by atoms with E-state index in [-0.39, 0.29) is 5.56 Å². The molecular formula is C26H27N3OS2. The predicted octanol–water partition coefficient (Wildman–Crippen LogP) is 6.17. The van der Waals surface area contributed by atoms with Crippen LogP contribution >= 0.6 is 23.6 Å². The first-order valence-electron chi connectivity index (χ1n) is 10.7. The van der Waals surface area contributed by atoms with Crippen LogP contribution < -0.4 is 10.9 Å². The third-order valence-electron chi connectivity index (χ3n) is 5.56. The number of pyridine rings is 1. The van der Waals surface area contributed by atoms with Crippen LogP contribution in [0.4, 0.5) is 5.69 Å². The van der Waals surface area contributed by atoms with E-state index in [0.717, 1.165) is 28.6 Å². The lowest BCUT2D eigenvalue weighted by molar-refractivity contribution is 0.415. The topological polar surface area (TPSA) is 48.1 Å². The summed E-state index contributed by atoms with van der Waals surface area (Å²) >= 11 is 7.46. The molecule has 0 aliphatic carbocycles. The summed E-state index contributed by atoms with van der Waals surface area (Å²) in [6.45, 7) is 7.30. The van der Waals surface area contributed by atoms with Crippen LogP contribution in [-0.4, -0.2) is 15.0 Å². The third-order valence-corrected chi connectivity index (χ3v) is 6.78. The van der Waals surface area contributed by atoms with Crippen LogP contribution in [0, 0.1) is 13.8 Å². The van der Waals surface area contributed by atoms with Crippen molar-refractivity contribution in [1.29, 1.82) is 0 Å². The zero-order chi connectivity index (χ0) is 22.7. The van der Waals surface area contributed by atoms with E-state index in [9.17, 15) is 4.79 Å². The van der Waals surface area contributed by atoms with Gasteiger partial charge in [0.15, 0.2) is 5.11 Å². The number of thiophene rings is 1. The molecule has 2 heterocycles. The fraction of sp³-hybridized carbons (Fsp3) is 0.231. The van der Waals surface area contributed by atoms with Crippen LogP contribution in [0.2, 0.25) is 0 Å². The third kappa shape index (κ3) is 5.09. The molecule has 0 spiro atoms. The summed E-state index contributed by atoms with van der Waals surface area (Å²) in [5.74, 6) is 0. The van der Waals surface area contributed by atoms with Crippen LogP contribution in [0.5, 0.6) is 0 Å². The zero-order valence-corrected chi connectivity index (χ0v) is 20.2. The minimum Gasteiger partial charge on any atom is -0.339 e. The van der Waals surface area contributed by atoms with Gasteiger partial charge in [-0.15, -0.1) is 11.3 Å². The molecule has 4 rings (SSSR count). The number of thiocarbonyl (C=S) groups is 1. The van der Waals surface area contributed by atoms with Crippen molar-refractivity contribution in [2.45, 2.75) is 40.3 Å². The number of rotatable bonds is 6. The molecule has 4 aromatic rings. The van der Waals surface area contributed by atoms with Crippen LogP contribution in [0.3, 0.4) is 0 Å². The molecule has 6 heteroatoms. The smallest absolute Gasteiger partial charge is 0.253 e. The van der Waals surface area contributed by atoms with E-state index in [1.54, 1.807) is 11.3 Å². The average Bonchev–Trinajstić information content (AvgIpc) is 3.28. The predicted molar refractivity (Wildman–Crippen MR) is 140 cm³/mol. The summed E-state index contributed by atoms with van der Waals surface area (Å²) < 4.78 is 0. The lowest BCUT2D eigenvalue weighted by atomic mass is 10.1. The van der Waals surface area contributed by atoms with E-state index in [1.807, 2.05) is 36.1 Å². The monoisotopic (exact) mass is 461 g/mol. The van der Waals surface area contributed by atoms with Gasteiger partial charge in [-0.25, -0.2) is 0 Å². The number of H-pyrrole nitrogens is 1. The Hall–Kier alpha value is -2.96. The van der Waals surface area contributed by atoms with Crippen LogP contribution in [0.15, 0.2) is 64.8 Å². The molecule has 0 amide bonds. The van der Waals surface area contributed by atoms with Gasteiger partial charge in [-0.1, -0.05) is 36.8 Å². The summed E-state index contributed by atoms with van der Waals surface area (Å²) in [6, 6.07) is 18.6. The van der Waals surface area contributed by atoms with Gasteiger partial charge >= 0.3 is 0 Å². The first-order valence-corrected chi connectivity index (χ1v) is 12.0. The van der Waals surface area contributed by atoms with Gasteiger partial charge in [0.1, 0.15) is 0 Å². The summed E-state index contributed by atoms with van der Waals surface area (Å²) in [6.07, 6.45) is 0.999. The molecule has 0 unspecified atom stereocenters. The lowest BCUT2D eigenvalue weighted by Crippen LogP contribution is -2.35. The Morgan fingerprint density at radius 3 is 2.56 bits per heavy atom. The normalized spacial score (nSPS) is 11.0. The number of aromatic nitrogens is 1. The van der Waals surface area contributed by atoms with Crippen LogP contribution in [0.25, 0.3) is 10.9 Å². The number of benzene rings is 2. The molecule has 2 aromatic heterocycles. The van der Waals surface area contributed by atoms with Gasteiger partial charge < -0.3 is 15.2 Å². The number of aromatic amines is 1. The van der Waals surface area contributed by atoms with Gasteiger partial charge in [-0.05, 0) is 84.7 Å². The van der Waals surface area contributed by atoms with Gasteiger partial charge in [0.2, 0.25) is 0 Å². The molecule has 2 aromatic carbocycles. The SMILES string of the molecule is CCc1ccc(NC(=S)N(Cc2cccs2)Cc2cc3cc(C)cc(C)c3[nH]c2=O)cc1. The molecule has 0 atom stereocenters. The van der Waals surface area contributed by atoms with Crippen LogP contribution in [-0.2, 0) is 19.5 Å². The molecule has 0 aliphatic heterocycles. The van der Waals surface area contributed by atoms with Gasteiger partial charge in [0.25, 0.3) is 5.56 Å². The van der Waals surface area contributed by atoms with Crippen molar-refractivity contribution in [2.24, 2.45) is 0 Å². The van der Waals surface area contributed by atoms with E-state index in [2.05, 4.69) is 59.9 Å². The Kier molecular flexibility index (Phi) is 6.72. The number of aryl methyl sites for hydroxylation is 3. The Bertz CT molecular complexity index is 1290. The Morgan fingerprint density at radius 1 is 1.09 bits per heavy atom. The number of nitrogens with one attached hydrogen (secondary N) is 2. The number of fused-ring (bicyclic) bond motifs is 1. The second-order valence-corrected chi connectivity index (χ2v) is 9.50. The highest BCUT2D eigenvalue weighted by molar-refractivity contribution is 7.80. The van der Waals surface area contributed by atoms with E-state index in [4.69, 9.17) is 12.2 Å². The summed E-state index contributed by atoms with van der Waals surface area (Å²) in [7, 11) is 0. The summed E-state index contributed by atoms with van der Waals surface area (Å²) in [4.78, 5) is 19.2. The maximum Gasteiger partial charge on any atom is 0.253 e. The minimum absolute atomic E-state index is 0.0734. The molecule has 0 saturated carbocycles. The van der Waals surface area contributed by atoms with Crippen molar-refractivity contribution in [3.63, 3.8) is 0 Å². The Morgan fingerprint density at radius 2 is 1.88 bits per heavy atom. The fourth-order valence-corrected chi connectivity index (χ4v) is 4.84. The number of hydrogen-bond acceptors (Lipinski definition) is 3.